The maximum absolute atomic E-state index is 6.13. The first-order chi connectivity index (χ1) is 13.4. The van der Waals surface area contributed by atoms with Crippen molar-refractivity contribution in [2.45, 2.75) is 45.0 Å². The monoisotopic (exact) mass is 508 g/mol. The highest BCUT2D eigenvalue weighted by molar-refractivity contribution is 14.0. The van der Waals surface area contributed by atoms with Gasteiger partial charge in [-0.1, -0.05) is 42.5 Å². The molecule has 1 unspecified atom stereocenters. The number of rotatable bonds is 5. The molecule has 1 atom stereocenters. The van der Waals surface area contributed by atoms with Crippen LogP contribution in [-0.4, -0.2) is 37.6 Å². The molecule has 29 heavy (non-hydrogen) atoms. The van der Waals surface area contributed by atoms with Crippen LogP contribution >= 0.6 is 24.0 Å². The van der Waals surface area contributed by atoms with E-state index in [9.17, 15) is 0 Å². The smallest absolute Gasteiger partial charge is 0.191 e. The highest BCUT2D eigenvalue weighted by Gasteiger charge is 2.33. The Morgan fingerprint density at radius 2 is 1.76 bits per heavy atom. The third kappa shape index (κ3) is 6.60. The SMILES string of the molecule is CN=C(NCc1ccc(CN(C)C)cc1)NC1CC(C)(C)Oc2ccccc21.I. The van der Waals surface area contributed by atoms with Crippen molar-refractivity contribution in [1.29, 1.82) is 0 Å². The van der Waals surface area contributed by atoms with E-state index in [1.165, 1.54) is 16.7 Å². The van der Waals surface area contributed by atoms with Crippen molar-refractivity contribution in [2.24, 2.45) is 4.99 Å². The number of halogens is 1. The van der Waals surface area contributed by atoms with Gasteiger partial charge in [0.2, 0.25) is 0 Å². The summed E-state index contributed by atoms with van der Waals surface area (Å²) in [4.78, 5) is 6.59. The average molecular weight is 508 g/mol. The maximum Gasteiger partial charge on any atom is 0.191 e. The quantitative estimate of drug-likeness (QED) is 0.359. The molecule has 1 aliphatic rings. The highest BCUT2D eigenvalue weighted by Crippen LogP contribution is 2.39. The van der Waals surface area contributed by atoms with Gasteiger partial charge in [-0.3, -0.25) is 4.99 Å². The van der Waals surface area contributed by atoms with E-state index < -0.39 is 0 Å². The van der Waals surface area contributed by atoms with Gasteiger partial charge in [-0.25, -0.2) is 0 Å². The van der Waals surface area contributed by atoms with Gasteiger partial charge in [-0.15, -0.1) is 24.0 Å². The van der Waals surface area contributed by atoms with Gasteiger partial charge in [0.25, 0.3) is 0 Å². The molecule has 0 amide bonds. The van der Waals surface area contributed by atoms with Crippen molar-refractivity contribution in [3.63, 3.8) is 0 Å². The molecule has 0 saturated carbocycles. The van der Waals surface area contributed by atoms with Crippen LogP contribution in [0.4, 0.5) is 0 Å². The summed E-state index contributed by atoms with van der Waals surface area (Å²) in [7, 11) is 5.98. The Labute approximate surface area is 192 Å². The second-order valence-corrected chi connectivity index (χ2v) is 8.28. The zero-order chi connectivity index (χ0) is 20.1. The molecule has 158 valence electrons. The van der Waals surface area contributed by atoms with Crippen LogP contribution in [0.15, 0.2) is 53.5 Å². The van der Waals surface area contributed by atoms with Gasteiger partial charge in [0.1, 0.15) is 11.4 Å². The second kappa shape index (κ2) is 10.3. The molecule has 0 saturated heterocycles. The number of guanidine groups is 1. The summed E-state index contributed by atoms with van der Waals surface area (Å²) < 4.78 is 6.13. The molecule has 2 aromatic rings. The number of hydrogen-bond acceptors (Lipinski definition) is 3. The summed E-state index contributed by atoms with van der Waals surface area (Å²) in [5.74, 6) is 1.75. The molecule has 1 aliphatic heterocycles. The summed E-state index contributed by atoms with van der Waals surface area (Å²) in [6.07, 6.45) is 0.879. The van der Waals surface area contributed by atoms with Crippen molar-refractivity contribution in [3.8, 4) is 5.75 Å². The number of ether oxygens (including phenoxy) is 1. The van der Waals surface area contributed by atoms with E-state index in [0.717, 1.165) is 31.2 Å². The fourth-order valence-corrected chi connectivity index (χ4v) is 3.60. The number of para-hydroxylation sites is 1. The van der Waals surface area contributed by atoms with Crippen LogP contribution < -0.4 is 15.4 Å². The molecule has 2 N–H and O–H groups in total. The Morgan fingerprint density at radius 1 is 1.10 bits per heavy atom. The normalized spacial score (nSPS) is 17.7. The molecule has 0 radical (unpaired) electrons. The van der Waals surface area contributed by atoms with Crippen LogP contribution in [-0.2, 0) is 13.1 Å². The van der Waals surface area contributed by atoms with E-state index in [4.69, 9.17) is 4.74 Å². The lowest BCUT2D eigenvalue weighted by Crippen LogP contribution is -2.45. The Bertz CT molecular complexity index is 818. The van der Waals surface area contributed by atoms with E-state index in [2.05, 4.69) is 84.9 Å². The van der Waals surface area contributed by atoms with Crippen LogP contribution in [0.25, 0.3) is 0 Å². The number of nitrogens with one attached hydrogen (secondary N) is 2. The lowest BCUT2D eigenvalue weighted by molar-refractivity contribution is 0.0694. The van der Waals surface area contributed by atoms with Gasteiger partial charge in [0, 0.05) is 32.1 Å². The highest BCUT2D eigenvalue weighted by atomic mass is 127. The number of hydrogen-bond donors (Lipinski definition) is 2. The van der Waals surface area contributed by atoms with Gasteiger partial charge < -0.3 is 20.3 Å². The molecule has 0 aliphatic carbocycles. The van der Waals surface area contributed by atoms with Crippen LogP contribution in [0.2, 0.25) is 0 Å². The van der Waals surface area contributed by atoms with Gasteiger partial charge in [-0.2, -0.15) is 0 Å². The van der Waals surface area contributed by atoms with Crippen molar-refractivity contribution in [1.82, 2.24) is 15.5 Å². The Balaban J connectivity index is 0.00000300. The van der Waals surface area contributed by atoms with Crippen molar-refractivity contribution < 1.29 is 4.74 Å². The first-order valence-electron chi connectivity index (χ1n) is 9.84. The van der Waals surface area contributed by atoms with Crippen molar-refractivity contribution in [2.75, 3.05) is 21.1 Å². The fraction of sp³-hybridized carbons (Fsp3) is 0.435. The van der Waals surface area contributed by atoms with Crippen molar-refractivity contribution in [3.05, 3.63) is 65.2 Å². The van der Waals surface area contributed by atoms with E-state index in [1.54, 1.807) is 0 Å². The number of aliphatic imine (C=N–C) groups is 1. The van der Waals surface area contributed by atoms with Gasteiger partial charge in [-0.05, 0) is 45.1 Å². The molecule has 6 heteroatoms. The molecule has 1 heterocycles. The molecule has 0 spiro atoms. The molecule has 5 nitrogen and oxygen atoms in total. The lowest BCUT2D eigenvalue weighted by atomic mass is 9.90. The zero-order valence-corrected chi connectivity index (χ0v) is 20.4. The van der Waals surface area contributed by atoms with Crippen LogP contribution in [0, 0.1) is 0 Å². The van der Waals surface area contributed by atoms with E-state index >= 15 is 0 Å². The number of benzene rings is 2. The van der Waals surface area contributed by atoms with Crippen molar-refractivity contribution >= 4 is 29.9 Å². The summed E-state index contributed by atoms with van der Waals surface area (Å²) >= 11 is 0. The Morgan fingerprint density at radius 3 is 2.41 bits per heavy atom. The standard InChI is InChI=1S/C23H32N4O.HI/c1-23(2)14-20(19-8-6-7-9-21(19)28-23)26-22(24-3)25-15-17-10-12-18(13-11-17)16-27(4)5;/h6-13,20H,14-16H2,1-5H3,(H2,24,25,26);1H. The largest absolute Gasteiger partial charge is 0.487 e. The Kier molecular flexibility index (Phi) is 8.34. The summed E-state index contributed by atoms with van der Waals surface area (Å²) in [5, 5.41) is 7.02. The van der Waals surface area contributed by atoms with Gasteiger partial charge in [0.05, 0.1) is 6.04 Å². The third-order valence-corrected chi connectivity index (χ3v) is 4.89. The summed E-state index contributed by atoms with van der Waals surface area (Å²) in [6, 6.07) is 17.1. The van der Waals surface area contributed by atoms with Crippen LogP contribution in [0.1, 0.15) is 43.0 Å². The minimum absolute atomic E-state index is 0. The van der Waals surface area contributed by atoms with Gasteiger partial charge >= 0.3 is 0 Å². The Hall–Kier alpha value is -1.80. The number of nitrogens with zero attached hydrogens (tertiary/aromatic N) is 2. The molecule has 0 bridgehead atoms. The predicted molar refractivity (Wildman–Crippen MR) is 131 cm³/mol. The van der Waals surface area contributed by atoms with Crippen LogP contribution in [0.3, 0.4) is 0 Å². The fourth-order valence-electron chi connectivity index (χ4n) is 3.60. The molecular weight excluding hydrogens is 475 g/mol. The average Bonchev–Trinajstić information content (AvgIpc) is 2.64. The molecule has 2 aromatic carbocycles. The van der Waals surface area contributed by atoms with Gasteiger partial charge in [0.15, 0.2) is 5.96 Å². The molecule has 0 fully saturated rings. The lowest BCUT2D eigenvalue weighted by Gasteiger charge is -2.38. The first-order valence-corrected chi connectivity index (χ1v) is 9.84. The summed E-state index contributed by atoms with van der Waals surface area (Å²) in [5.41, 5.74) is 3.51. The molecule has 0 aromatic heterocycles. The van der Waals surface area contributed by atoms with E-state index in [-0.39, 0.29) is 35.6 Å². The first kappa shape index (κ1) is 23.5. The zero-order valence-electron chi connectivity index (χ0n) is 18.0. The molecular formula is C23H33IN4O. The van der Waals surface area contributed by atoms with Crippen LogP contribution in [0.5, 0.6) is 5.75 Å². The van der Waals surface area contributed by atoms with E-state index in [0.29, 0.717) is 0 Å². The topological polar surface area (TPSA) is 48.9 Å². The third-order valence-electron chi connectivity index (χ3n) is 4.89. The minimum atomic E-state index is -0.215. The van der Waals surface area contributed by atoms with E-state index in [1.807, 2.05) is 19.2 Å². The minimum Gasteiger partial charge on any atom is -0.487 e. The summed E-state index contributed by atoms with van der Waals surface area (Å²) in [6.45, 7) is 5.94. The molecule has 3 rings (SSSR count). The number of fused-ring (bicyclic) bond motifs is 1. The maximum atomic E-state index is 6.13. The predicted octanol–water partition coefficient (Wildman–Crippen LogP) is 4.33. The second-order valence-electron chi connectivity index (χ2n) is 8.28.